The summed E-state index contributed by atoms with van der Waals surface area (Å²) in [6, 6.07) is 12.9. The molecule has 0 aliphatic rings. The van der Waals surface area contributed by atoms with Crippen LogP contribution in [0.25, 0.3) is 11.5 Å². The maximum atomic E-state index is 9.59. The monoisotopic (exact) mass is 329 g/mol. The molecule has 1 aromatic heterocycles. The summed E-state index contributed by atoms with van der Waals surface area (Å²) < 4.78 is 10.4. The molecule has 0 fully saturated rings. The standard InChI is InChI=1S/C16H15N3O3S/c1-21-14-8-10(2-7-13(14)20)9-17-12-5-3-11(4-6-12)15-18-19-16(23)22-15/h2-8,17,20H,9H2,1H3,(H,19,23). The second-order valence-corrected chi connectivity index (χ2v) is 5.23. The van der Waals surface area contributed by atoms with Crippen LogP contribution in [0.3, 0.4) is 0 Å². The van der Waals surface area contributed by atoms with Crippen molar-refractivity contribution >= 4 is 17.9 Å². The van der Waals surface area contributed by atoms with Gasteiger partial charge in [-0.2, -0.15) is 0 Å². The zero-order chi connectivity index (χ0) is 16.2. The van der Waals surface area contributed by atoms with Gasteiger partial charge in [-0.25, -0.2) is 5.10 Å². The third kappa shape index (κ3) is 3.51. The Morgan fingerprint density at radius 1 is 1.26 bits per heavy atom. The number of methoxy groups -OCH3 is 1. The van der Waals surface area contributed by atoms with Crippen LogP contribution >= 0.6 is 12.2 Å². The average molecular weight is 329 g/mol. The lowest BCUT2D eigenvalue weighted by atomic mass is 10.1. The van der Waals surface area contributed by atoms with E-state index in [1.807, 2.05) is 30.3 Å². The minimum absolute atomic E-state index is 0.129. The number of H-pyrrole nitrogens is 1. The van der Waals surface area contributed by atoms with E-state index in [0.717, 1.165) is 16.8 Å². The highest BCUT2D eigenvalue weighted by Gasteiger charge is 2.05. The zero-order valence-electron chi connectivity index (χ0n) is 12.4. The van der Waals surface area contributed by atoms with Gasteiger partial charge in [-0.1, -0.05) is 6.07 Å². The highest BCUT2D eigenvalue weighted by atomic mass is 32.1. The number of phenols is 1. The van der Waals surface area contributed by atoms with Crippen molar-refractivity contribution in [3.05, 3.63) is 52.9 Å². The molecular weight excluding hydrogens is 314 g/mol. The van der Waals surface area contributed by atoms with Crippen LogP contribution in [-0.2, 0) is 6.54 Å². The van der Waals surface area contributed by atoms with Crippen LogP contribution < -0.4 is 10.1 Å². The van der Waals surface area contributed by atoms with E-state index in [-0.39, 0.29) is 10.6 Å². The summed E-state index contributed by atoms with van der Waals surface area (Å²) in [5.74, 6) is 1.05. The fourth-order valence-corrected chi connectivity index (χ4v) is 2.24. The molecule has 2 aromatic carbocycles. The summed E-state index contributed by atoms with van der Waals surface area (Å²) in [6.45, 7) is 0.610. The molecule has 3 rings (SSSR count). The first kappa shape index (κ1) is 15.1. The molecule has 6 nitrogen and oxygen atoms in total. The predicted octanol–water partition coefficient (Wildman–Crippen LogP) is 3.73. The molecule has 7 heteroatoms. The number of rotatable bonds is 5. The molecule has 1 heterocycles. The Labute approximate surface area is 137 Å². The summed E-state index contributed by atoms with van der Waals surface area (Å²) in [7, 11) is 1.53. The van der Waals surface area contributed by atoms with Crippen molar-refractivity contribution in [1.82, 2.24) is 10.2 Å². The summed E-state index contributed by atoms with van der Waals surface area (Å²) >= 11 is 4.86. The van der Waals surface area contributed by atoms with Gasteiger partial charge in [0.05, 0.1) is 7.11 Å². The van der Waals surface area contributed by atoms with E-state index in [1.165, 1.54) is 7.11 Å². The van der Waals surface area contributed by atoms with Crippen molar-refractivity contribution in [2.45, 2.75) is 6.54 Å². The van der Waals surface area contributed by atoms with Crippen molar-refractivity contribution in [2.75, 3.05) is 12.4 Å². The number of ether oxygens (including phenoxy) is 1. The van der Waals surface area contributed by atoms with Crippen molar-refractivity contribution in [1.29, 1.82) is 0 Å². The minimum Gasteiger partial charge on any atom is -0.504 e. The maximum absolute atomic E-state index is 9.59. The predicted molar refractivity (Wildman–Crippen MR) is 89.1 cm³/mol. The molecular formula is C16H15N3O3S. The van der Waals surface area contributed by atoms with Crippen molar-refractivity contribution in [3.63, 3.8) is 0 Å². The first-order valence-corrected chi connectivity index (χ1v) is 7.32. The molecule has 0 saturated carbocycles. The maximum Gasteiger partial charge on any atom is 0.284 e. The number of aromatic amines is 1. The molecule has 0 atom stereocenters. The lowest BCUT2D eigenvalue weighted by Crippen LogP contribution is -1.99. The zero-order valence-corrected chi connectivity index (χ0v) is 13.2. The van der Waals surface area contributed by atoms with Crippen LogP contribution in [0.5, 0.6) is 11.5 Å². The number of nitrogens with one attached hydrogen (secondary N) is 2. The Bertz CT molecular complexity index is 856. The van der Waals surface area contributed by atoms with Crippen molar-refractivity contribution in [2.24, 2.45) is 0 Å². The van der Waals surface area contributed by atoms with Gasteiger partial charge in [-0.05, 0) is 54.2 Å². The Balaban J connectivity index is 1.68. The number of aromatic hydroxyl groups is 1. The summed E-state index contributed by atoms with van der Waals surface area (Å²) in [5, 5.41) is 19.5. The number of anilines is 1. The molecule has 0 bridgehead atoms. The smallest absolute Gasteiger partial charge is 0.284 e. The molecule has 0 unspecified atom stereocenters. The first-order valence-electron chi connectivity index (χ1n) is 6.91. The molecule has 0 aliphatic heterocycles. The Morgan fingerprint density at radius 2 is 2.04 bits per heavy atom. The molecule has 0 radical (unpaired) electrons. The number of aromatic nitrogens is 2. The lowest BCUT2D eigenvalue weighted by molar-refractivity contribution is 0.373. The molecule has 0 saturated heterocycles. The van der Waals surface area contributed by atoms with Crippen LogP contribution in [-0.4, -0.2) is 22.4 Å². The Morgan fingerprint density at radius 3 is 2.70 bits per heavy atom. The van der Waals surface area contributed by atoms with E-state index in [9.17, 15) is 5.11 Å². The number of hydrogen-bond acceptors (Lipinski definition) is 6. The van der Waals surface area contributed by atoms with Gasteiger partial charge >= 0.3 is 0 Å². The van der Waals surface area contributed by atoms with Crippen LogP contribution in [0, 0.1) is 4.84 Å². The van der Waals surface area contributed by atoms with E-state index in [2.05, 4.69) is 15.5 Å². The van der Waals surface area contributed by atoms with Gasteiger partial charge in [0.2, 0.25) is 5.89 Å². The average Bonchev–Trinajstić information content (AvgIpc) is 3.01. The fraction of sp³-hybridized carbons (Fsp3) is 0.125. The van der Waals surface area contributed by atoms with Crippen LogP contribution in [0.1, 0.15) is 5.56 Å². The molecule has 0 spiro atoms. The molecule has 0 amide bonds. The second kappa shape index (κ2) is 6.53. The van der Waals surface area contributed by atoms with Gasteiger partial charge in [0, 0.05) is 17.8 Å². The molecule has 118 valence electrons. The van der Waals surface area contributed by atoms with Crippen LogP contribution in [0.4, 0.5) is 5.69 Å². The Kier molecular flexibility index (Phi) is 4.29. The molecule has 0 aliphatic carbocycles. The van der Waals surface area contributed by atoms with Crippen molar-refractivity contribution in [3.8, 4) is 23.0 Å². The minimum atomic E-state index is 0.129. The fourth-order valence-electron chi connectivity index (χ4n) is 2.12. The van der Waals surface area contributed by atoms with Gasteiger partial charge < -0.3 is 19.6 Å². The summed E-state index contributed by atoms with van der Waals surface area (Å²) in [6.07, 6.45) is 0. The highest BCUT2D eigenvalue weighted by molar-refractivity contribution is 7.71. The van der Waals surface area contributed by atoms with Gasteiger partial charge in [0.15, 0.2) is 11.5 Å². The normalized spacial score (nSPS) is 10.5. The van der Waals surface area contributed by atoms with Gasteiger partial charge in [0.25, 0.3) is 4.84 Å². The van der Waals surface area contributed by atoms with E-state index in [1.54, 1.807) is 12.1 Å². The van der Waals surface area contributed by atoms with Gasteiger partial charge in [-0.15, -0.1) is 5.10 Å². The largest absolute Gasteiger partial charge is 0.504 e. The first-order chi connectivity index (χ1) is 11.2. The highest BCUT2D eigenvalue weighted by Crippen LogP contribution is 2.26. The second-order valence-electron chi connectivity index (χ2n) is 4.86. The number of nitrogens with zero attached hydrogens (tertiary/aromatic N) is 1. The van der Waals surface area contributed by atoms with E-state index in [0.29, 0.717) is 18.2 Å². The quantitative estimate of drug-likeness (QED) is 0.619. The third-order valence-electron chi connectivity index (χ3n) is 3.31. The van der Waals surface area contributed by atoms with E-state index >= 15 is 0 Å². The number of benzene rings is 2. The molecule has 23 heavy (non-hydrogen) atoms. The number of phenolic OH excluding ortho intramolecular Hbond substituents is 1. The van der Waals surface area contributed by atoms with Crippen LogP contribution in [0.15, 0.2) is 46.9 Å². The number of hydrogen-bond donors (Lipinski definition) is 3. The van der Waals surface area contributed by atoms with Gasteiger partial charge in [-0.3, -0.25) is 0 Å². The SMILES string of the molecule is COc1cc(CNc2ccc(-c3n[nH]c(=S)o3)cc2)ccc1O. The van der Waals surface area contributed by atoms with E-state index < -0.39 is 0 Å². The lowest BCUT2D eigenvalue weighted by Gasteiger charge is -2.09. The summed E-state index contributed by atoms with van der Waals surface area (Å²) in [4.78, 5) is 0.253. The van der Waals surface area contributed by atoms with Crippen molar-refractivity contribution < 1.29 is 14.3 Å². The molecule has 3 N–H and O–H groups in total. The third-order valence-corrected chi connectivity index (χ3v) is 3.49. The summed E-state index contributed by atoms with van der Waals surface area (Å²) in [5.41, 5.74) is 2.80. The Hall–Kier alpha value is -2.80. The van der Waals surface area contributed by atoms with Gasteiger partial charge in [0.1, 0.15) is 0 Å². The topological polar surface area (TPSA) is 83.3 Å². The van der Waals surface area contributed by atoms with Crippen LogP contribution in [0.2, 0.25) is 0 Å². The molecule has 3 aromatic rings. The van der Waals surface area contributed by atoms with E-state index in [4.69, 9.17) is 21.4 Å².